The number of guanidine groups is 2. The van der Waals surface area contributed by atoms with Crippen LogP contribution in [0.1, 0.15) is 20.3 Å². The van der Waals surface area contributed by atoms with Gasteiger partial charge < -0.3 is 19.5 Å². The van der Waals surface area contributed by atoms with E-state index in [1.54, 1.807) is 0 Å². The van der Waals surface area contributed by atoms with Crippen LogP contribution in [0.15, 0.2) is 18.2 Å². The van der Waals surface area contributed by atoms with Crippen molar-refractivity contribution in [3.63, 3.8) is 0 Å². The Balaban J connectivity index is 1.69. The lowest BCUT2D eigenvalue weighted by atomic mass is 10.2. The Morgan fingerprint density at radius 2 is 1.69 bits per heavy atom. The number of hydrogen-bond acceptors (Lipinski definition) is 6. The number of hydrogen-bond donors (Lipinski definition) is 5. The van der Waals surface area contributed by atoms with Gasteiger partial charge in [-0.15, -0.1) is 0 Å². The highest BCUT2D eigenvalue weighted by Gasteiger charge is 2.65. The number of benzene rings is 1. The van der Waals surface area contributed by atoms with E-state index in [1.807, 2.05) is 13.8 Å². The third kappa shape index (κ3) is 6.27. The van der Waals surface area contributed by atoms with Crippen LogP contribution in [0.5, 0.6) is 17.2 Å². The maximum absolute atomic E-state index is 13.2. The number of fused-ring (bicyclic) bond motifs is 1. The lowest BCUT2D eigenvalue weighted by Gasteiger charge is -2.31. The molecule has 1 aliphatic heterocycles. The van der Waals surface area contributed by atoms with Crippen LogP contribution in [0, 0.1) is 10.8 Å². The quantitative estimate of drug-likeness (QED) is 0.150. The normalized spacial score (nSPS) is 16.1. The molecule has 0 fully saturated rings. The van der Waals surface area contributed by atoms with Crippen LogP contribution >= 0.6 is 0 Å². The fourth-order valence-corrected chi connectivity index (χ4v) is 2.06. The largest absolute Gasteiger partial charge is 0.507 e. The summed E-state index contributed by atoms with van der Waals surface area (Å²) >= 11 is 0. The molecular formula is C16H21F4N5O4. The molecule has 0 saturated carbocycles. The zero-order valence-corrected chi connectivity index (χ0v) is 15.6. The summed E-state index contributed by atoms with van der Waals surface area (Å²) in [5.41, 5.74) is 2.29. The summed E-state index contributed by atoms with van der Waals surface area (Å²) in [5, 5.41) is 20.2. The van der Waals surface area contributed by atoms with Crippen molar-refractivity contribution in [3.8, 4) is 17.2 Å². The Morgan fingerprint density at radius 1 is 1.03 bits per heavy atom. The van der Waals surface area contributed by atoms with Crippen LogP contribution in [0.2, 0.25) is 0 Å². The molecule has 9 nitrogen and oxygen atoms in total. The molecule has 0 aromatic heterocycles. The maximum Gasteiger partial charge on any atom is 0.507 e. The molecule has 2 rings (SSSR count). The zero-order valence-electron chi connectivity index (χ0n) is 15.6. The van der Waals surface area contributed by atoms with Crippen LogP contribution in [0.3, 0.4) is 0 Å². The summed E-state index contributed by atoms with van der Waals surface area (Å²) in [4.78, 5) is 5.01. The van der Waals surface area contributed by atoms with E-state index in [2.05, 4.69) is 25.6 Å². The second kappa shape index (κ2) is 9.03. The summed E-state index contributed by atoms with van der Waals surface area (Å²) in [7, 11) is 0. The molecule has 0 radical (unpaired) electrons. The second-order valence-corrected chi connectivity index (χ2v) is 6.17. The molecule has 0 atom stereocenters. The van der Waals surface area contributed by atoms with E-state index >= 15 is 0 Å². The van der Waals surface area contributed by atoms with Crippen molar-refractivity contribution in [3.05, 3.63) is 18.2 Å². The molecule has 1 aliphatic rings. The average molecular weight is 423 g/mol. The number of rotatable bonds is 7. The highest BCUT2D eigenvalue weighted by molar-refractivity contribution is 5.95. The van der Waals surface area contributed by atoms with Gasteiger partial charge in [-0.1, -0.05) is 0 Å². The van der Waals surface area contributed by atoms with Gasteiger partial charge in [0.15, 0.2) is 17.5 Å². The summed E-state index contributed by atoms with van der Waals surface area (Å²) in [6, 6.07) is 3.36. The van der Waals surface area contributed by atoms with Crippen molar-refractivity contribution in [2.45, 2.75) is 38.5 Å². The smallest absolute Gasteiger partial charge is 0.493 e. The second-order valence-electron chi connectivity index (χ2n) is 6.17. The van der Waals surface area contributed by atoms with Gasteiger partial charge in [0.05, 0.1) is 13.2 Å². The molecule has 29 heavy (non-hydrogen) atoms. The van der Waals surface area contributed by atoms with Crippen LogP contribution in [0.25, 0.3) is 0 Å². The molecule has 1 aromatic carbocycles. The SMILES string of the molecule is CC(C)NC(=N)NC(=N)NOCCCOc1ccc2c(c1)OC(F)(F)C(F)(F)O2. The molecule has 13 heteroatoms. The maximum atomic E-state index is 13.2. The highest BCUT2D eigenvalue weighted by Crippen LogP contribution is 2.47. The summed E-state index contributed by atoms with van der Waals surface area (Å²) in [6.07, 6.45) is -9.21. The minimum Gasteiger partial charge on any atom is -0.493 e. The number of alkyl halides is 4. The van der Waals surface area contributed by atoms with E-state index in [-0.39, 0.29) is 36.9 Å². The monoisotopic (exact) mass is 423 g/mol. The first-order valence-electron chi connectivity index (χ1n) is 8.49. The van der Waals surface area contributed by atoms with Gasteiger partial charge in [0.25, 0.3) is 0 Å². The van der Waals surface area contributed by atoms with Gasteiger partial charge in [-0.25, -0.2) is 5.48 Å². The summed E-state index contributed by atoms with van der Waals surface area (Å²) in [6.45, 7) is 3.92. The van der Waals surface area contributed by atoms with Gasteiger partial charge >= 0.3 is 12.2 Å². The van der Waals surface area contributed by atoms with Gasteiger partial charge in [-0.05, 0) is 26.0 Å². The van der Waals surface area contributed by atoms with Crippen molar-refractivity contribution >= 4 is 11.9 Å². The fraction of sp³-hybridized carbons (Fsp3) is 0.500. The minimum atomic E-state index is -4.79. The first-order chi connectivity index (χ1) is 13.5. The zero-order chi connectivity index (χ0) is 21.7. The lowest BCUT2D eigenvalue weighted by molar-refractivity contribution is -0.391. The van der Waals surface area contributed by atoms with Crippen LogP contribution < -0.4 is 30.3 Å². The molecule has 0 amide bonds. The molecule has 0 spiro atoms. The highest BCUT2D eigenvalue weighted by atomic mass is 19.3. The lowest BCUT2D eigenvalue weighted by Crippen LogP contribution is -2.52. The van der Waals surface area contributed by atoms with Crippen LogP contribution in [0.4, 0.5) is 17.6 Å². The van der Waals surface area contributed by atoms with Gasteiger partial charge in [0.2, 0.25) is 5.96 Å². The number of halogens is 4. The van der Waals surface area contributed by atoms with Gasteiger partial charge in [0.1, 0.15) is 5.75 Å². The van der Waals surface area contributed by atoms with E-state index in [4.69, 9.17) is 20.4 Å². The van der Waals surface area contributed by atoms with Gasteiger partial charge in [0, 0.05) is 18.5 Å². The van der Waals surface area contributed by atoms with Crippen LogP contribution in [-0.2, 0) is 4.84 Å². The Labute approximate surface area is 163 Å². The first kappa shape index (κ1) is 22.3. The van der Waals surface area contributed by atoms with Crippen molar-refractivity contribution < 1.29 is 36.6 Å². The number of hydroxylamine groups is 1. The Morgan fingerprint density at radius 3 is 2.34 bits per heavy atom. The molecule has 0 aliphatic carbocycles. The predicted octanol–water partition coefficient (Wildman–Crippen LogP) is 2.39. The van der Waals surface area contributed by atoms with Gasteiger partial charge in [-0.3, -0.25) is 21.0 Å². The molecule has 0 saturated heterocycles. The minimum absolute atomic E-state index is 0.0316. The Kier molecular flexibility index (Phi) is 6.95. The molecule has 1 heterocycles. The third-order valence-electron chi connectivity index (χ3n) is 3.25. The van der Waals surface area contributed by atoms with Crippen molar-refractivity contribution in [2.75, 3.05) is 13.2 Å². The molecular weight excluding hydrogens is 402 g/mol. The van der Waals surface area contributed by atoms with Crippen LogP contribution in [-0.4, -0.2) is 43.4 Å². The predicted molar refractivity (Wildman–Crippen MR) is 93.7 cm³/mol. The standard InChI is InChI=1S/C16H21F4N5O4/c1-9(2)23-13(21)24-14(22)25-27-7-3-6-26-10-4-5-11-12(8-10)29-16(19,20)15(17,18)28-11/h4-5,8-9H,3,6-7H2,1-2H3,(H5,21,22,23,24,25). The summed E-state index contributed by atoms with van der Waals surface area (Å²) < 4.78 is 65.9. The molecule has 162 valence electrons. The number of ether oxygens (including phenoxy) is 3. The molecule has 0 bridgehead atoms. The Bertz CT molecular complexity index is 748. The molecule has 1 aromatic rings. The van der Waals surface area contributed by atoms with Gasteiger partial charge in [-0.2, -0.15) is 17.6 Å². The van der Waals surface area contributed by atoms with Crippen molar-refractivity contribution in [1.29, 1.82) is 10.8 Å². The van der Waals surface area contributed by atoms with Crippen molar-refractivity contribution in [2.24, 2.45) is 0 Å². The average Bonchev–Trinajstić information content (AvgIpc) is 2.57. The first-order valence-corrected chi connectivity index (χ1v) is 8.49. The van der Waals surface area contributed by atoms with E-state index in [0.717, 1.165) is 12.1 Å². The number of nitrogens with one attached hydrogen (secondary N) is 5. The topological polar surface area (TPSA) is 121 Å². The van der Waals surface area contributed by atoms with E-state index in [1.165, 1.54) is 6.07 Å². The summed E-state index contributed by atoms with van der Waals surface area (Å²) in [5.74, 6) is -1.28. The van der Waals surface area contributed by atoms with E-state index in [0.29, 0.717) is 6.42 Å². The van der Waals surface area contributed by atoms with E-state index < -0.39 is 23.7 Å². The molecule has 5 N–H and O–H groups in total. The van der Waals surface area contributed by atoms with E-state index in [9.17, 15) is 17.6 Å². The third-order valence-corrected chi connectivity index (χ3v) is 3.25. The van der Waals surface area contributed by atoms with Crippen molar-refractivity contribution in [1.82, 2.24) is 16.1 Å². The fourth-order valence-electron chi connectivity index (χ4n) is 2.06. The molecule has 0 unspecified atom stereocenters. The Hall–Kier alpha value is -2.96.